The van der Waals surface area contributed by atoms with Gasteiger partial charge in [-0.15, -0.1) is 0 Å². The van der Waals surface area contributed by atoms with Gasteiger partial charge in [0.25, 0.3) is 0 Å². The predicted molar refractivity (Wildman–Crippen MR) is 74.6 cm³/mol. The molecule has 3 nitrogen and oxygen atoms in total. The van der Waals surface area contributed by atoms with E-state index in [1.807, 2.05) is 12.4 Å². The fourth-order valence-corrected chi connectivity index (χ4v) is 2.73. The van der Waals surface area contributed by atoms with Crippen LogP contribution in [0.4, 0.5) is 5.69 Å². The van der Waals surface area contributed by atoms with Gasteiger partial charge in [0.1, 0.15) is 0 Å². The number of hydrogen-bond donors (Lipinski definition) is 1. The van der Waals surface area contributed by atoms with E-state index < -0.39 is 0 Å². The molecule has 2 unspecified atom stereocenters. The normalized spacial score (nSPS) is 27.8. The highest BCUT2D eigenvalue weighted by Gasteiger charge is 2.27. The molecular formula is C15H23N3. The summed E-state index contributed by atoms with van der Waals surface area (Å²) in [6, 6.07) is 2.93. The van der Waals surface area contributed by atoms with Gasteiger partial charge >= 0.3 is 0 Å². The molecule has 1 aromatic heterocycles. The summed E-state index contributed by atoms with van der Waals surface area (Å²) in [5.74, 6) is 1.59. The largest absolute Gasteiger partial charge is 0.371 e. The lowest BCUT2D eigenvalue weighted by molar-refractivity contribution is 0.494. The van der Waals surface area contributed by atoms with Gasteiger partial charge in [-0.25, -0.2) is 0 Å². The van der Waals surface area contributed by atoms with Gasteiger partial charge in [-0.1, -0.05) is 13.8 Å². The van der Waals surface area contributed by atoms with Crippen LogP contribution in [-0.4, -0.2) is 24.1 Å². The van der Waals surface area contributed by atoms with Crippen LogP contribution in [0.25, 0.3) is 0 Å². The fraction of sp³-hybridized carbons (Fsp3) is 0.667. The maximum Gasteiger partial charge on any atom is 0.0443 e. The first-order chi connectivity index (χ1) is 8.74. The van der Waals surface area contributed by atoms with Crippen molar-refractivity contribution in [2.75, 3.05) is 18.0 Å². The zero-order chi connectivity index (χ0) is 12.5. The molecule has 0 aromatic carbocycles. The molecule has 0 bridgehead atoms. The highest BCUT2D eigenvalue weighted by Crippen LogP contribution is 2.30. The summed E-state index contributed by atoms with van der Waals surface area (Å²) in [5.41, 5.74) is 2.74. The molecular weight excluding hydrogens is 222 g/mol. The van der Waals surface area contributed by atoms with E-state index in [0.29, 0.717) is 0 Å². The molecule has 1 saturated heterocycles. The Hall–Kier alpha value is -1.09. The maximum absolute atomic E-state index is 4.29. The number of nitrogens with one attached hydrogen (secondary N) is 1. The molecule has 0 spiro atoms. The lowest BCUT2D eigenvalue weighted by Crippen LogP contribution is -2.23. The monoisotopic (exact) mass is 245 g/mol. The third-order valence-electron chi connectivity index (χ3n) is 4.37. The molecule has 3 rings (SSSR count). The van der Waals surface area contributed by atoms with E-state index in [-0.39, 0.29) is 0 Å². The minimum atomic E-state index is 0.759. The van der Waals surface area contributed by atoms with E-state index >= 15 is 0 Å². The van der Waals surface area contributed by atoms with Gasteiger partial charge in [-0.05, 0) is 30.7 Å². The molecule has 1 aromatic rings. The fourth-order valence-electron chi connectivity index (χ4n) is 2.73. The molecule has 0 radical (unpaired) electrons. The molecule has 1 aliphatic heterocycles. The summed E-state index contributed by atoms with van der Waals surface area (Å²) in [7, 11) is 0. The van der Waals surface area contributed by atoms with Gasteiger partial charge in [0, 0.05) is 49.3 Å². The molecule has 2 heterocycles. The molecule has 2 fully saturated rings. The van der Waals surface area contributed by atoms with E-state index in [1.54, 1.807) is 0 Å². The Balaban J connectivity index is 1.73. The van der Waals surface area contributed by atoms with Crippen molar-refractivity contribution in [3.8, 4) is 0 Å². The zero-order valence-corrected chi connectivity index (χ0v) is 11.4. The van der Waals surface area contributed by atoms with E-state index in [4.69, 9.17) is 0 Å². The van der Waals surface area contributed by atoms with Crippen LogP contribution in [0.5, 0.6) is 0 Å². The van der Waals surface area contributed by atoms with E-state index in [0.717, 1.165) is 24.4 Å². The lowest BCUT2D eigenvalue weighted by atomic mass is 10.0. The van der Waals surface area contributed by atoms with Gasteiger partial charge in [0.05, 0.1) is 0 Å². The number of anilines is 1. The first-order valence-electron chi connectivity index (χ1n) is 7.15. The van der Waals surface area contributed by atoms with Crippen molar-refractivity contribution >= 4 is 5.69 Å². The second-order valence-electron chi connectivity index (χ2n) is 6.02. The summed E-state index contributed by atoms with van der Waals surface area (Å²) in [4.78, 5) is 6.82. The molecule has 1 saturated carbocycles. The maximum atomic E-state index is 4.29. The van der Waals surface area contributed by atoms with Crippen LogP contribution in [0.2, 0.25) is 0 Å². The van der Waals surface area contributed by atoms with Crippen molar-refractivity contribution in [1.29, 1.82) is 0 Å². The Morgan fingerprint density at radius 2 is 2.00 bits per heavy atom. The first kappa shape index (κ1) is 12.0. The van der Waals surface area contributed by atoms with Crippen molar-refractivity contribution in [3.05, 3.63) is 24.0 Å². The summed E-state index contributed by atoms with van der Waals surface area (Å²) in [6.45, 7) is 8.04. The molecule has 2 atom stereocenters. The number of hydrogen-bond acceptors (Lipinski definition) is 3. The molecule has 2 aliphatic rings. The Kier molecular flexibility index (Phi) is 3.25. The lowest BCUT2D eigenvalue weighted by Gasteiger charge is -2.21. The molecule has 3 heteroatoms. The average Bonchev–Trinajstić information content (AvgIpc) is 3.14. The molecule has 0 amide bonds. The van der Waals surface area contributed by atoms with Crippen LogP contribution in [0, 0.1) is 11.8 Å². The summed E-state index contributed by atoms with van der Waals surface area (Å²) in [6.07, 6.45) is 6.63. The number of aromatic nitrogens is 1. The van der Waals surface area contributed by atoms with Crippen molar-refractivity contribution in [2.24, 2.45) is 11.8 Å². The van der Waals surface area contributed by atoms with Crippen LogP contribution >= 0.6 is 0 Å². The first-order valence-corrected chi connectivity index (χ1v) is 7.15. The van der Waals surface area contributed by atoms with Crippen LogP contribution in [0.1, 0.15) is 32.3 Å². The van der Waals surface area contributed by atoms with Gasteiger partial charge in [-0.3, -0.25) is 4.98 Å². The predicted octanol–water partition coefficient (Wildman–Crippen LogP) is 2.43. The van der Waals surface area contributed by atoms with Gasteiger partial charge < -0.3 is 10.2 Å². The average molecular weight is 245 g/mol. The van der Waals surface area contributed by atoms with Crippen LogP contribution in [0.15, 0.2) is 18.5 Å². The molecule has 1 aliphatic carbocycles. The molecule has 1 N–H and O–H groups in total. The second kappa shape index (κ2) is 4.88. The van der Waals surface area contributed by atoms with Crippen LogP contribution in [0.3, 0.4) is 0 Å². The summed E-state index contributed by atoms with van der Waals surface area (Å²) < 4.78 is 0. The standard InChI is InChI=1S/C15H23N3/c1-11-9-18(10-12(11)2)15-5-6-16-7-13(15)8-17-14-3-4-14/h5-7,11-12,14,17H,3-4,8-10H2,1-2H3. The number of pyridine rings is 1. The second-order valence-corrected chi connectivity index (χ2v) is 6.02. The molecule has 98 valence electrons. The Bertz CT molecular complexity index is 404. The SMILES string of the molecule is CC1CN(c2ccncc2CNC2CC2)CC1C. The van der Waals surface area contributed by atoms with Crippen molar-refractivity contribution in [1.82, 2.24) is 10.3 Å². The van der Waals surface area contributed by atoms with Gasteiger partial charge in [0.15, 0.2) is 0 Å². The minimum Gasteiger partial charge on any atom is -0.371 e. The quantitative estimate of drug-likeness (QED) is 0.883. The summed E-state index contributed by atoms with van der Waals surface area (Å²) in [5, 5.41) is 3.59. The number of nitrogens with zero attached hydrogens (tertiary/aromatic N) is 2. The third kappa shape index (κ3) is 2.51. The van der Waals surface area contributed by atoms with E-state index in [2.05, 4.69) is 35.1 Å². The zero-order valence-electron chi connectivity index (χ0n) is 11.4. The van der Waals surface area contributed by atoms with Crippen LogP contribution in [-0.2, 0) is 6.54 Å². The Labute approximate surface area is 110 Å². The van der Waals surface area contributed by atoms with Gasteiger partial charge in [-0.2, -0.15) is 0 Å². The van der Waals surface area contributed by atoms with E-state index in [9.17, 15) is 0 Å². The third-order valence-corrected chi connectivity index (χ3v) is 4.37. The van der Waals surface area contributed by atoms with Crippen LogP contribution < -0.4 is 10.2 Å². The van der Waals surface area contributed by atoms with Gasteiger partial charge in [0.2, 0.25) is 0 Å². The van der Waals surface area contributed by atoms with Crippen molar-refractivity contribution < 1.29 is 0 Å². The minimum absolute atomic E-state index is 0.759. The highest BCUT2D eigenvalue weighted by molar-refractivity contribution is 5.53. The van der Waals surface area contributed by atoms with E-state index in [1.165, 1.54) is 37.2 Å². The molecule has 18 heavy (non-hydrogen) atoms. The highest BCUT2D eigenvalue weighted by atomic mass is 15.2. The smallest absolute Gasteiger partial charge is 0.0443 e. The van der Waals surface area contributed by atoms with Crippen molar-refractivity contribution in [3.63, 3.8) is 0 Å². The summed E-state index contributed by atoms with van der Waals surface area (Å²) >= 11 is 0. The Morgan fingerprint density at radius 3 is 2.67 bits per heavy atom. The van der Waals surface area contributed by atoms with Crippen molar-refractivity contribution in [2.45, 2.75) is 39.3 Å². The Morgan fingerprint density at radius 1 is 1.28 bits per heavy atom. The number of rotatable bonds is 4. The topological polar surface area (TPSA) is 28.2 Å².